The highest BCUT2D eigenvalue weighted by Crippen LogP contribution is 2.30. The van der Waals surface area contributed by atoms with E-state index < -0.39 is 0 Å². The minimum absolute atomic E-state index is 0.268. The van der Waals surface area contributed by atoms with Gasteiger partial charge in [0.25, 0.3) is 0 Å². The third kappa shape index (κ3) is 2.57. The maximum Gasteiger partial charge on any atom is 0.125 e. The van der Waals surface area contributed by atoms with Crippen molar-refractivity contribution in [3.63, 3.8) is 0 Å². The lowest BCUT2D eigenvalue weighted by Crippen LogP contribution is -2.13. The van der Waals surface area contributed by atoms with E-state index in [1.165, 1.54) is 0 Å². The smallest absolute Gasteiger partial charge is 0.125 e. The molecule has 0 aliphatic rings. The number of methoxy groups -OCH3 is 1. The van der Waals surface area contributed by atoms with Gasteiger partial charge in [-0.1, -0.05) is 23.7 Å². The summed E-state index contributed by atoms with van der Waals surface area (Å²) in [5.41, 5.74) is 8.01. The molecule has 1 heterocycles. The molecule has 1 aromatic heterocycles. The molecule has 0 radical (unpaired) electrons. The first-order valence-corrected chi connectivity index (χ1v) is 5.59. The first kappa shape index (κ1) is 11.9. The highest BCUT2D eigenvalue weighted by atomic mass is 35.5. The highest BCUT2D eigenvalue weighted by Gasteiger charge is 2.14. The number of hydrogen-bond donors (Lipinski definition) is 1. The summed E-state index contributed by atoms with van der Waals surface area (Å²) in [4.78, 5) is 4.06. The topological polar surface area (TPSA) is 48.1 Å². The van der Waals surface area contributed by atoms with Crippen LogP contribution in [0.2, 0.25) is 5.02 Å². The molecular formula is C13H13ClN2O. The number of benzene rings is 1. The van der Waals surface area contributed by atoms with Gasteiger partial charge in [-0.3, -0.25) is 4.98 Å². The van der Waals surface area contributed by atoms with Crippen LogP contribution in [-0.4, -0.2) is 12.1 Å². The maximum absolute atomic E-state index is 6.18. The van der Waals surface area contributed by atoms with Crippen LogP contribution in [-0.2, 0) is 0 Å². The summed E-state index contributed by atoms with van der Waals surface area (Å²) in [5.74, 6) is 0.689. The summed E-state index contributed by atoms with van der Waals surface area (Å²) in [6.45, 7) is 0. The van der Waals surface area contributed by atoms with Crippen molar-refractivity contribution in [2.75, 3.05) is 7.11 Å². The zero-order chi connectivity index (χ0) is 12.3. The Balaban J connectivity index is 2.40. The van der Waals surface area contributed by atoms with Gasteiger partial charge in [0.15, 0.2) is 0 Å². The Kier molecular flexibility index (Phi) is 3.61. The van der Waals surface area contributed by atoms with E-state index in [-0.39, 0.29) is 6.04 Å². The SMILES string of the molecule is COc1cc(Cl)ccc1C(N)c1cccnc1. The van der Waals surface area contributed by atoms with Gasteiger partial charge in [-0.15, -0.1) is 0 Å². The zero-order valence-electron chi connectivity index (χ0n) is 9.43. The van der Waals surface area contributed by atoms with Crippen LogP contribution >= 0.6 is 11.6 Å². The summed E-state index contributed by atoms with van der Waals surface area (Å²) >= 11 is 5.91. The Morgan fingerprint density at radius 2 is 2.18 bits per heavy atom. The van der Waals surface area contributed by atoms with Crippen molar-refractivity contribution in [1.82, 2.24) is 4.98 Å². The molecular weight excluding hydrogens is 236 g/mol. The molecule has 0 saturated carbocycles. The molecule has 1 atom stereocenters. The first-order valence-electron chi connectivity index (χ1n) is 5.21. The molecule has 0 amide bonds. The van der Waals surface area contributed by atoms with Gasteiger partial charge in [-0.2, -0.15) is 0 Å². The van der Waals surface area contributed by atoms with Crippen molar-refractivity contribution in [1.29, 1.82) is 0 Å². The van der Waals surface area contributed by atoms with E-state index in [9.17, 15) is 0 Å². The predicted octanol–water partition coefficient (Wildman–Crippen LogP) is 2.79. The largest absolute Gasteiger partial charge is 0.496 e. The first-order chi connectivity index (χ1) is 8.22. The normalized spacial score (nSPS) is 12.2. The number of nitrogens with zero attached hydrogens (tertiary/aromatic N) is 1. The summed E-state index contributed by atoms with van der Waals surface area (Å²) in [5, 5.41) is 0.629. The third-order valence-electron chi connectivity index (χ3n) is 2.57. The number of rotatable bonds is 3. The van der Waals surface area contributed by atoms with Gasteiger partial charge in [0.05, 0.1) is 13.2 Å². The molecule has 4 heteroatoms. The van der Waals surface area contributed by atoms with Gasteiger partial charge in [-0.25, -0.2) is 0 Å². The molecule has 0 aliphatic carbocycles. The summed E-state index contributed by atoms with van der Waals surface area (Å²) < 4.78 is 5.28. The van der Waals surface area contributed by atoms with Crippen LogP contribution in [0, 0.1) is 0 Å². The number of nitrogens with two attached hydrogens (primary N) is 1. The van der Waals surface area contributed by atoms with Crippen LogP contribution < -0.4 is 10.5 Å². The van der Waals surface area contributed by atoms with Crippen molar-refractivity contribution in [2.24, 2.45) is 5.73 Å². The standard InChI is InChI=1S/C13H13ClN2O/c1-17-12-7-10(14)4-5-11(12)13(15)9-3-2-6-16-8-9/h2-8,13H,15H2,1H3. The van der Waals surface area contributed by atoms with Gasteiger partial charge < -0.3 is 10.5 Å². The van der Waals surface area contributed by atoms with Gasteiger partial charge in [-0.05, 0) is 23.8 Å². The van der Waals surface area contributed by atoms with E-state index in [1.54, 1.807) is 31.6 Å². The minimum atomic E-state index is -0.268. The second kappa shape index (κ2) is 5.17. The average molecular weight is 249 g/mol. The van der Waals surface area contributed by atoms with E-state index in [0.29, 0.717) is 10.8 Å². The molecule has 0 aliphatic heterocycles. The molecule has 2 aromatic rings. The van der Waals surface area contributed by atoms with E-state index in [0.717, 1.165) is 11.1 Å². The van der Waals surface area contributed by atoms with Crippen LogP contribution in [0.15, 0.2) is 42.7 Å². The second-order valence-corrected chi connectivity index (χ2v) is 4.09. The fourth-order valence-electron chi connectivity index (χ4n) is 1.68. The average Bonchev–Trinajstić information content (AvgIpc) is 2.39. The van der Waals surface area contributed by atoms with E-state index >= 15 is 0 Å². The minimum Gasteiger partial charge on any atom is -0.496 e. The number of ether oxygens (including phenoxy) is 1. The number of aromatic nitrogens is 1. The van der Waals surface area contributed by atoms with Crippen molar-refractivity contribution < 1.29 is 4.74 Å². The molecule has 17 heavy (non-hydrogen) atoms. The Labute approximate surface area is 105 Å². The fourth-order valence-corrected chi connectivity index (χ4v) is 1.84. The lowest BCUT2D eigenvalue weighted by molar-refractivity contribution is 0.408. The molecule has 1 unspecified atom stereocenters. The third-order valence-corrected chi connectivity index (χ3v) is 2.81. The van der Waals surface area contributed by atoms with Crippen LogP contribution in [0.4, 0.5) is 0 Å². The van der Waals surface area contributed by atoms with Gasteiger partial charge in [0, 0.05) is 23.0 Å². The van der Waals surface area contributed by atoms with Gasteiger partial charge in [0.2, 0.25) is 0 Å². The van der Waals surface area contributed by atoms with Gasteiger partial charge >= 0.3 is 0 Å². The molecule has 1 aromatic carbocycles. The Bertz CT molecular complexity index is 502. The predicted molar refractivity (Wildman–Crippen MR) is 68.3 cm³/mol. The molecule has 0 bridgehead atoms. The van der Waals surface area contributed by atoms with Crippen LogP contribution in [0.1, 0.15) is 17.2 Å². The van der Waals surface area contributed by atoms with Crippen molar-refractivity contribution >= 4 is 11.6 Å². The summed E-state index contributed by atoms with van der Waals surface area (Å²) in [6, 6.07) is 8.96. The van der Waals surface area contributed by atoms with E-state index in [2.05, 4.69) is 4.98 Å². The Morgan fingerprint density at radius 3 is 2.82 bits per heavy atom. The van der Waals surface area contributed by atoms with Gasteiger partial charge in [0.1, 0.15) is 5.75 Å². The fraction of sp³-hybridized carbons (Fsp3) is 0.154. The highest BCUT2D eigenvalue weighted by molar-refractivity contribution is 6.30. The number of hydrogen-bond acceptors (Lipinski definition) is 3. The lowest BCUT2D eigenvalue weighted by atomic mass is 10.0. The number of pyridine rings is 1. The second-order valence-electron chi connectivity index (χ2n) is 3.65. The Hall–Kier alpha value is -1.58. The monoisotopic (exact) mass is 248 g/mol. The van der Waals surface area contributed by atoms with Crippen molar-refractivity contribution in [3.05, 3.63) is 58.9 Å². The molecule has 2 N–H and O–H groups in total. The van der Waals surface area contributed by atoms with Crippen LogP contribution in [0.3, 0.4) is 0 Å². The molecule has 2 rings (SSSR count). The molecule has 0 fully saturated rings. The quantitative estimate of drug-likeness (QED) is 0.909. The van der Waals surface area contributed by atoms with Crippen molar-refractivity contribution in [2.45, 2.75) is 6.04 Å². The maximum atomic E-state index is 6.18. The van der Waals surface area contributed by atoms with Crippen LogP contribution in [0.5, 0.6) is 5.75 Å². The summed E-state index contributed by atoms with van der Waals surface area (Å²) in [6.07, 6.45) is 3.47. The molecule has 0 saturated heterocycles. The zero-order valence-corrected chi connectivity index (χ0v) is 10.2. The lowest BCUT2D eigenvalue weighted by Gasteiger charge is -2.15. The Morgan fingerprint density at radius 1 is 1.35 bits per heavy atom. The van der Waals surface area contributed by atoms with E-state index in [4.69, 9.17) is 22.1 Å². The number of halogens is 1. The van der Waals surface area contributed by atoms with E-state index in [1.807, 2.05) is 18.2 Å². The van der Waals surface area contributed by atoms with Crippen LogP contribution in [0.25, 0.3) is 0 Å². The molecule has 3 nitrogen and oxygen atoms in total. The van der Waals surface area contributed by atoms with Crippen molar-refractivity contribution in [3.8, 4) is 5.75 Å². The molecule has 88 valence electrons. The summed E-state index contributed by atoms with van der Waals surface area (Å²) in [7, 11) is 1.60. The molecule has 0 spiro atoms.